The summed E-state index contributed by atoms with van der Waals surface area (Å²) in [6.45, 7) is 2.04. The summed E-state index contributed by atoms with van der Waals surface area (Å²) in [6, 6.07) is 18.2. The molecule has 0 saturated heterocycles. The van der Waals surface area contributed by atoms with Gasteiger partial charge in [-0.25, -0.2) is 4.98 Å². The zero-order valence-electron chi connectivity index (χ0n) is 14.0. The summed E-state index contributed by atoms with van der Waals surface area (Å²) in [5, 5.41) is 1.34. The van der Waals surface area contributed by atoms with E-state index in [0.29, 0.717) is 10.5 Å². The molecule has 6 heteroatoms. The van der Waals surface area contributed by atoms with Gasteiger partial charge in [0.15, 0.2) is 5.16 Å². The Hall–Kier alpha value is -1.89. The van der Waals surface area contributed by atoms with Crippen LogP contribution in [0.15, 0.2) is 69.0 Å². The van der Waals surface area contributed by atoms with E-state index >= 15 is 0 Å². The van der Waals surface area contributed by atoms with Crippen molar-refractivity contribution < 1.29 is 0 Å². The lowest BCUT2D eigenvalue weighted by atomic mass is 10.0. The number of fused-ring (bicyclic) bond motifs is 1. The number of halogens is 1. The van der Waals surface area contributed by atoms with Gasteiger partial charge in [0.2, 0.25) is 0 Å². The average Bonchev–Trinajstić information content (AvgIpc) is 2.97. The fraction of sp³-hybridized carbons (Fsp3) is 0.100. The number of hydrogen-bond acceptors (Lipinski definition) is 4. The summed E-state index contributed by atoms with van der Waals surface area (Å²) in [4.78, 5) is 22.3. The first kappa shape index (κ1) is 17.5. The highest BCUT2D eigenvalue weighted by Gasteiger charge is 2.16. The molecule has 3 nitrogen and oxygen atoms in total. The minimum absolute atomic E-state index is 0.0741. The van der Waals surface area contributed by atoms with E-state index in [0.717, 1.165) is 31.1 Å². The van der Waals surface area contributed by atoms with E-state index in [2.05, 4.69) is 33.0 Å². The predicted octanol–water partition coefficient (Wildman–Crippen LogP) is 6.01. The number of H-pyrrole nitrogens is 1. The summed E-state index contributed by atoms with van der Waals surface area (Å²) in [5.41, 5.74) is 3.15. The van der Waals surface area contributed by atoms with Crippen molar-refractivity contribution in [1.29, 1.82) is 0 Å². The molecule has 1 N–H and O–H groups in total. The summed E-state index contributed by atoms with van der Waals surface area (Å²) >= 11 is 6.60. The fourth-order valence-electron chi connectivity index (χ4n) is 2.90. The molecular formula is C20H15BrN2OS2. The van der Waals surface area contributed by atoms with E-state index in [9.17, 15) is 4.79 Å². The number of thioether (sulfide) groups is 1. The Labute approximate surface area is 167 Å². The number of benzene rings is 2. The van der Waals surface area contributed by atoms with Crippen LogP contribution in [0.25, 0.3) is 21.3 Å². The summed E-state index contributed by atoms with van der Waals surface area (Å²) in [5.74, 6) is 0.754. The molecule has 0 spiro atoms. The van der Waals surface area contributed by atoms with Crippen molar-refractivity contribution in [3.8, 4) is 11.1 Å². The number of aromatic amines is 1. The standard InChI is InChI=1S/C20H15BrN2OS2/c1-12-16(14-7-3-2-4-8-14)17-18(24)22-20(23-19(17)26-12)25-11-13-6-5-9-15(21)10-13/h2-10H,11H2,1H3,(H,22,23,24). The van der Waals surface area contributed by atoms with E-state index in [1.54, 1.807) is 23.1 Å². The minimum atomic E-state index is -0.0741. The molecular weight excluding hydrogens is 428 g/mol. The third-order valence-electron chi connectivity index (χ3n) is 4.04. The topological polar surface area (TPSA) is 45.8 Å². The van der Waals surface area contributed by atoms with Crippen LogP contribution >= 0.6 is 39.0 Å². The van der Waals surface area contributed by atoms with Crippen LogP contribution in [0.5, 0.6) is 0 Å². The molecule has 0 bridgehead atoms. The number of aryl methyl sites for hydroxylation is 1. The largest absolute Gasteiger partial charge is 0.301 e. The quantitative estimate of drug-likeness (QED) is 0.310. The summed E-state index contributed by atoms with van der Waals surface area (Å²) in [6.07, 6.45) is 0. The van der Waals surface area contributed by atoms with Crippen LogP contribution in [0.1, 0.15) is 10.4 Å². The fourth-order valence-corrected chi connectivity index (χ4v) is 5.25. The molecule has 0 aliphatic carbocycles. The molecule has 4 aromatic rings. The highest BCUT2D eigenvalue weighted by Crippen LogP contribution is 2.36. The Balaban J connectivity index is 1.71. The van der Waals surface area contributed by atoms with Crippen molar-refractivity contribution in [2.75, 3.05) is 0 Å². The lowest BCUT2D eigenvalue weighted by Gasteiger charge is -2.03. The van der Waals surface area contributed by atoms with Crippen molar-refractivity contribution in [2.45, 2.75) is 17.8 Å². The summed E-state index contributed by atoms with van der Waals surface area (Å²) in [7, 11) is 0. The van der Waals surface area contributed by atoms with Crippen LogP contribution in [-0.2, 0) is 5.75 Å². The van der Waals surface area contributed by atoms with Crippen LogP contribution < -0.4 is 5.56 Å². The molecule has 0 unspecified atom stereocenters. The molecule has 26 heavy (non-hydrogen) atoms. The Kier molecular flexibility index (Phi) is 4.98. The van der Waals surface area contributed by atoms with Crippen LogP contribution in [0, 0.1) is 6.92 Å². The second-order valence-corrected chi connectivity index (χ2v) is 8.95. The third-order valence-corrected chi connectivity index (χ3v) is 6.48. The zero-order chi connectivity index (χ0) is 18.1. The Morgan fingerprint density at radius 1 is 1.15 bits per heavy atom. The molecule has 2 aromatic carbocycles. The van der Waals surface area contributed by atoms with E-state index in [1.807, 2.05) is 49.4 Å². The smallest absolute Gasteiger partial charge is 0.260 e. The highest BCUT2D eigenvalue weighted by molar-refractivity contribution is 9.10. The van der Waals surface area contributed by atoms with Gasteiger partial charge in [-0.2, -0.15) is 0 Å². The minimum Gasteiger partial charge on any atom is -0.301 e. The van der Waals surface area contributed by atoms with Gasteiger partial charge < -0.3 is 4.98 Å². The second kappa shape index (κ2) is 7.39. The first-order valence-corrected chi connectivity index (χ1v) is 10.7. The molecule has 0 aliphatic heterocycles. The van der Waals surface area contributed by atoms with Crippen LogP contribution in [0.3, 0.4) is 0 Å². The third kappa shape index (κ3) is 3.49. The van der Waals surface area contributed by atoms with Gasteiger partial charge in [0, 0.05) is 20.7 Å². The average molecular weight is 443 g/mol. The van der Waals surface area contributed by atoms with Gasteiger partial charge in [-0.3, -0.25) is 4.79 Å². The van der Waals surface area contributed by atoms with Crippen molar-refractivity contribution in [3.05, 3.63) is 79.9 Å². The van der Waals surface area contributed by atoms with Gasteiger partial charge in [0.05, 0.1) is 5.39 Å². The number of thiophene rings is 1. The number of hydrogen-bond donors (Lipinski definition) is 1. The van der Waals surface area contributed by atoms with E-state index in [-0.39, 0.29) is 5.56 Å². The van der Waals surface area contributed by atoms with Crippen molar-refractivity contribution in [1.82, 2.24) is 9.97 Å². The van der Waals surface area contributed by atoms with Gasteiger partial charge in [0.1, 0.15) is 4.83 Å². The first-order valence-electron chi connectivity index (χ1n) is 8.08. The van der Waals surface area contributed by atoms with Gasteiger partial charge in [0.25, 0.3) is 5.56 Å². The molecule has 4 rings (SSSR count). The van der Waals surface area contributed by atoms with Gasteiger partial charge in [-0.05, 0) is 30.2 Å². The molecule has 130 valence electrons. The predicted molar refractivity (Wildman–Crippen MR) is 114 cm³/mol. The van der Waals surface area contributed by atoms with Crippen molar-refractivity contribution >= 4 is 49.2 Å². The summed E-state index contributed by atoms with van der Waals surface area (Å²) < 4.78 is 1.05. The number of aromatic nitrogens is 2. The maximum atomic E-state index is 12.8. The SMILES string of the molecule is Cc1sc2nc(SCc3cccc(Br)c3)[nH]c(=O)c2c1-c1ccccc1. The Bertz CT molecular complexity index is 1140. The second-order valence-electron chi connectivity index (χ2n) is 5.87. The van der Waals surface area contributed by atoms with Crippen LogP contribution in [0.2, 0.25) is 0 Å². The Morgan fingerprint density at radius 3 is 2.73 bits per heavy atom. The number of nitrogens with zero attached hydrogens (tertiary/aromatic N) is 1. The van der Waals surface area contributed by atoms with Gasteiger partial charge >= 0.3 is 0 Å². The molecule has 0 radical (unpaired) electrons. The van der Waals surface area contributed by atoms with Crippen LogP contribution in [-0.4, -0.2) is 9.97 Å². The normalized spacial score (nSPS) is 11.2. The van der Waals surface area contributed by atoms with Gasteiger partial charge in [-0.1, -0.05) is 70.2 Å². The lowest BCUT2D eigenvalue weighted by Crippen LogP contribution is -2.08. The molecule has 0 aliphatic rings. The molecule has 0 saturated carbocycles. The Morgan fingerprint density at radius 2 is 1.96 bits per heavy atom. The van der Waals surface area contributed by atoms with Crippen molar-refractivity contribution in [2.24, 2.45) is 0 Å². The molecule has 2 aromatic heterocycles. The maximum Gasteiger partial charge on any atom is 0.260 e. The zero-order valence-corrected chi connectivity index (χ0v) is 17.2. The van der Waals surface area contributed by atoms with Gasteiger partial charge in [-0.15, -0.1) is 11.3 Å². The highest BCUT2D eigenvalue weighted by atomic mass is 79.9. The lowest BCUT2D eigenvalue weighted by molar-refractivity contribution is 0.980. The molecule has 2 heterocycles. The number of rotatable bonds is 4. The maximum absolute atomic E-state index is 12.8. The molecule has 0 atom stereocenters. The number of nitrogens with one attached hydrogen (secondary N) is 1. The van der Waals surface area contributed by atoms with E-state index < -0.39 is 0 Å². The van der Waals surface area contributed by atoms with Crippen molar-refractivity contribution in [3.63, 3.8) is 0 Å². The molecule has 0 amide bonds. The van der Waals surface area contributed by atoms with E-state index in [1.165, 1.54) is 5.56 Å². The van der Waals surface area contributed by atoms with Crippen LogP contribution in [0.4, 0.5) is 0 Å². The van der Waals surface area contributed by atoms with E-state index in [4.69, 9.17) is 4.98 Å². The molecule has 0 fully saturated rings. The first-order chi connectivity index (χ1) is 12.6. The monoisotopic (exact) mass is 442 g/mol.